The molecular formula is C16H17FN2O. The van der Waals surface area contributed by atoms with Crippen molar-refractivity contribution in [1.82, 2.24) is 9.47 Å². The molecule has 104 valence electrons. The number of rotatable bonds is 2. The van der Waals surface area contributed by atoms with Gasteiger partial charge in [0.05, 0.1) is 0 Å². The van der Waals surface area contributed by atoms with E-state index in [1.165, 1.54) is 12.1 Å². The molecule has 1 aromatic carbocycles. The van der Waals surface area contributed by atoms with E-state index in [-0.39, 0.29) is 11.7 Å². The van der Waals surface area contributed by atoms with Crippen molar-refractivity contribution in [2.24, 2.45) is 7.05 Å². The summed E-state index contributed by atoms with van der Waals surface area (Å²) in [5, 5.41) is 0. The molecule has 0 aliphatic carbocycles. The van der Waals surface area contributed by atoms with Crippen molar-refractivity contribution in [3.05, 3.63) is 48.0 Å². The second-order valence-corrected chi connectivity index (χ2v) is 5.23. The Morgan fingerprint density at radius 2 is 1.75 bits per heavy atom. The number of aryl methyl sites for hydroxylation is 1. The van der Waals surface area contributed by atoms with E-state index in [0.717, 1.165) is 37.1 Å². The molecule has 0 atom stereocenters. The number of nitrogens with zero attached hydrogens (tertiary/aromatic N) is 2. The maximum absolute atomic E-state index is 13.0. The van der Waals surface area contributed by atoms with Gasteiger partial charge < -0.3 is 9.47 Å². The van der Waals surface area contributed by atoms with Crippen molar-refractivity contribution in [2.45, 2.75) is 12.8 Å². The molecule has 0 unspecified atom stereocenters. The van der Waals surface area contributed by atoms with Gasteiger partial charge in [-0.15, -0.1) is 0 Å². The fourth-order valence-corrected chi connectivity index (χ4v) is 2.66. The Labute approximate surface area is 117 Å². The van der Waals surface area contributed by atoms with Gasteiger partial charge in [-0.05, 0) is 36.6 Å². The standard InChI is InChI=1S/C16H17FN2O/c1-18-11-13(12-4-6-14(17)7-5-12)10-15(18)16(20)19-8-2-3-9-19/h4-7,10-11H,2-3,8-9H2,1H3. The maximum Gasteiger partial charge on any atom is 0.270 e. The lowest BCUT2D eigenvalue weighted by Crippen LogP contribution is -2.29. The Bertz CT molecular complexity index is 624. The third-order valence-electron chi connectivity index (χ3n) is 3.79. The van der Waals surface area contributed by atoms with Gasteiger partial charge in [0.2, 0.25) is 0 Å². The van der Waals surface area contributed by atoms with Crippen LogP contribution in [0.25, 0.3) is 11.1 Å². The van der Waals surface area contributed by atoms with Crippen LogP contribution >= 0.6 is 0 Å². The Morgan fingerprint density at radius 3 is 2.40 bits per heavy atom. The fraction of sp³-hybridized carbons (Fsp3) is 0.312. The van der Waals surface area contributed by atoms with E-state index in [2.05, 4.69) is 0 Å². The molecule has 1 aliphatic heterocycles. The smallest absolute Gasteiger partial charge is 0.270 e. The number of likely N-dealkylation sites (tertiary alicyclic amines) is 1. The molecule has 1 amide bonds. The zero-order chi connectivity index (χ0) is 14.1. The summed E-state index contributed by atoms with van der Waals surface area (Å²) >= 11 is 0. The number of carbonyl (C=O) groups is 1. The van der Waals surface area contributed by atoms with Gasteiger partial charge in [0.25, 0.3) is 5.91 Å². The first-order valence-electron chi connectivity index (χ1n) is 6.87. The number of aromatic nitrogens is 1. The first-order valence-corrected chi connectivity index (χ1v) is 6.87. The molecule has 3 nitrogen and oxygen atoms in total. The average Bonchev–Trinajstić information content (AvgIpc) is 3.08. The van der Waals surface area contributed by atoms with E-state index in [1.54, 1.807) is 12.1 Å². The van der Waals surface area contributed by atoms with Gasteiger partial charge >= 0.3 is 0 Å². The van der Waals surface area contributed by atoms with Crippen molar-refractivity contribution in [3.8, 4) is 11.1 Å². The van der Waals surface area contributed by atoms with Crippen LogP contribution < -0.4 is 0 Å². The van der Waals surface area contributed by atoms with Gasteiger partial charge in [-0.3, -0.25) is 4.79 Å². The molecule has 0 spiro atoms. The first-order chi connectivity index (χ1) is 9.65. The normalized spacial score (nSPS) is 14.8. The average molecular weight is 272 g/mol. The minimum Gasteiger partial charge on any atom is -0.346 e. The highest BCUT2D eigenvalue weighted by atomic mass is 19.1. The molecule has 1 saturated heterocycles. The second-order valence-electron chi connectivity index (χ2n) is 5.23. The van der Waals surface area contributed by atoms with Crippen molar-refractivity contribution in [3.63, 3.8) is 0 Å². The summed E-state index contributed by atoms with van der Waals surface area (Å²) < 4.78 is 14.8. The number of halogens is 1. The molecule has 1 aromatic heterocycles. The highest BCUT2D eigenvalue weighted by molar-refractivity contribution is 5.94. The van der Waals surface area contributed by atoms with Crippen molar-refractivity contribution < 1.29 is 9.18 Å². The van der Waals surface area contributed by atoms with Crippen LogP contribution in [-0.2, 0) is 7.05 Å². The maximum atomic E-state index is 13.0. The van der Waals surface area contributed by atoms with E-state index < -0.39 is 0 Å². The minimum atomic E-state index is -0.252. The largest absolute Gasteiger partial charge is 0.346 e. The number of hydrogen-bond donors (Lipinski definition) is 0. The molecule has 0 N–H and O–H groups in total. The second kappa shape index (κ2) is 5.12. The Hall–Kier alpha value is -2.10. The van der Waals surface area contributed by atoms with E-state index in [1.807, 2.05) is 28.8 Å². The summed E-state index contributed by atoms with van der Waals surface area (Å²) in [6, 6.07) is 8.21. The number of benzene rings is 1. The first kappa shape index (κ1) is 12.9. The van der Waals surface area contributed by atoms with Gasteiger partial charge in [0, 0.05) is 31.9 Å². The number of hydrogen-bond acceptors (Lipinski definition) is 1. The van der Waals surface area contributed by atoms with Gasteiger partial charge in [-0.1, -0.05) is 12.1 Å². The van der Waals surface area contributed by atoms with Crippen LogP contribution in [-0.4, -0.2) is 28.5 Å². The summed E-state index contributed by atoms with van der Waals surface area (Å²) in [5.74, 6) is -0.170. The molecule has 1 fully saturated rings. The fourth-order valence-electron chi connectivity index (χ4n) is 2.66. The molecule has 3 rings (SSSR count). The Morgan fingerprint density at radius 1 is 1.10 bits per heavy atom. The van der Waals surface area contributed by atoms with Gasteiger partial charge in [0.1, 0.15) is 11.5 Å². The van der Waals surface area contributed by atoms with Crippen molar-refractivity contribution in [2.75, 3.05) is 13.1 Å². The molecule has 0 radical (unpaired) electrons. The third kappa shape index (κ3) is 2.33. The summed E-state index contributed by atoms with van der Waals surface area (Å²) in [5.41, 5.74) is 2.55. The van der Waals surface area contributed by atoms with Crippen LogP contribution in [0.3, 0.4) is 0 Å². The summed E-state index contributed by atoms with van der Waals surface area (Å²) in [4.78, 5) is 14.3. The monoisotopic (exact) mass is 272 g/mol. The minimum absolute atomic E-state index is 0.0818. The molecule has 0 bridgehead atoms. The number of amides is 1. The molecular weight excluding hydrogens is 255 g/mol. The van der Waals surface area contributed by atoms with Gasteiger partial charge in [-0.2, -0.15) is 0 Å². The van der Waals surface area contributed by atoms with Crippen molar-refractivity contribution in [1.29, 1.82) is 0 Å². The van der Waals surface area contributed by atoms with Crippen LogP contribution in [0.15, 0.2) is 36.5 Å². The van der Waals surface area contributed by atoms with E-state index >= 15 is 0 Å². The van der Waals surface area contributed by atoms with Crippen LogP contribution in [0, 0.1) is 5.82 Å². The van der Waals surface area contributed by atoms with Crippen LogP contribution in [0.1, 0.15) is 23.3 Å². The SMILES string of the molecule is Cn1cc(-c2ccc(F)cc2)cc1C(=O)N1CCCC1. The summed E-state index contributed by atoms with van der Waals surface area (Å²) in [6.07, 6.45) is 4.08. The highest BCUT2D eigenvalue weighted by Gasteiger charge is 2.22. The molecule has 20 heavy (non-hydrogen) atoms. The molecule has 2 heterocycles. The van der Waals surface area contributed by atoms with E-state index in [0.29, 0.717) is 5.69 Å². The predicted molar refractivity (Wildman–Crippen MR) is 75.9 cm³/mol. The molecule has 4 heteroatoms. The lowest BCUT2D eigenvalue weighted by molar-refractivity contribution is 0.0783. The van der Waals surface area contributed by atoms with Crippen LogP contribution in [0.2, 0.25) is 0 Å². The van der Waals surface area contributed by atoms with Gasteiger partial charge in [0.15, 0.2) is 0 Å². The molecule has 2 aromatic rings. The van der Waals surface area contributed by atoms with E-state index in [4.69, 9.17) is 0 Å². The lowest BCUT2D eigenvalue weighted by atomic mass is 10.1. The van der Waals surface area contributed by atoms with Crippen molar-refractivity contribution >= 4 is 5.91 Å². The van der Waals surface area contributed by atoms with Crippen LogP contribution in [0.5, 0.6) is 0 Å². The topological polar surface area (TPSA) is 25.2 Å². The van der Waals surface area contributed by atoms with Crippen LogP contribution in [0.4, 0.5) is 4.39 Å². The number of carbonyl (C=O) groups excluding carboxylic acids is 1. The quantitative estimate of drug-likeness (QED) is 0.824. The predicted octanol–water partition coefficient (Wildman–Crippen LogP) is 3.07. The van der Waals surface area contributed by atoms with E-state index in [9.17, 15) is 9.18 Å². The third-order valence-corrected chi connectivity index (χ3v) is 3.79. The Balaban J connectivity index is 1.90. The highest BCUT2D eigenvalue weighted by Crippen LogP contribution is 2.23. The zero-order valence-corrected chi connectivity index (χ0v) is 11.5. The summed E-state index contributed by atoms with van der Waals surface area (Å²) in [6.45, 7) is 1.69. The summed E-state index contributed by atoms with van der Waals surface area (Å²) in [7, 11) is 1.87. The molecule has 0 saturated carbocycles. The van der Waals surface area contributed by atoms with Gasteiger partial charge in [-0.25, -0.2) is 4.39 Å². The molecule has 1 aliphatic rings. The lowest BCUT2D eigenvalue weighted by Gasteiger charge is -2.15. The Kier molecular flexibility index (Phi) is 3.30. The zero-order valence-electron chi connectivity index (χ0n) is 11.5.